The molecule has 0 saturated heterocycles. The molecule has 0 unspecified atom stereocenters. The molecule has 4 N–H and O–H groups in total. The maximum atomic E-state index is 12.6. The molecule has 1 aromatic heterocycles. The molecular formula is C19H22N4O6S. The molecule has 0 saturated carbocycles. The molecule has 0 aliphatic carbocycles. The van der Waals surface area contributed by atoms with Gasteiger partial charge in [0.25, 0.3) is 0 Å². The molecule has 0 atom stereocenters. The molecule has 0 bridgehead atoms. The number of aromatic amines is 1. The van der Waals surface area contributed by atoms with E-state index < -0.39 is 16.2 Å². The zero-order valence-electron chi connectivity index (χ0n) is 16.2. The molecule has 160 valence electrons. The van der Waals surface area contributed by atoms with Crippen molar-refractivity contribution in [2.24, 2.45) is 0 Å². The monoisotopic (exact) mass is 434 g/mol. The Balaban J connectivity index is 1.69. The van der Waals surface area contributed by atoms with Crippen LogP contribution in [-0.4, -0.2) is 49.8 Å². The number of aliphatic hydroxyl groups excluding tert-OH is 1. The summed E-state index contributed by atoms with van der Waals surface area (Å²) in [5, 5.41) is 14.3. The van der Waals surface area contributed by atoms with Crippen LogP contribution in [0, 0.1) is 0 Å². The number of amides is 1. The standard InChI is InChI=1S/C19H22N4O6S/c1-28-19(25)23-18-21-16-9-6-14(12-17(16)22-18)29-30(26,27)15-7-4-13(5-8-15)20-10-2-3-11-24/h4-9,12,20,24H,2-3,10-11H2,1H3,(H2,21,22,23,25). The molecule has 0 fully saturated rings. The quantitative estimate of drug-likeness (QED) is 0.297. The zero-order valence-corrected chi connectivity index (χ0v) is 17.0. The van der Waals surface area contributed by atoms with E-state index in [-0.39, 0.29) is 23.2 Å². The van der Waals surface area contributed by atoms with Gasteiger partial charge in [0, 0.05) is 24.9 Å². The van der Waals surface area contributed by atoms with Crippen LogP contribution in [0.15, 0.2) is 47.4 Å². The molecular weight excluding hydrogens is 412 g/mol. The minimum atomic E-state index is -4.03. The number of H-pyrrole nitrogens is 1. The second kappa shape index (κ2) is 9.46. The lowest BCUT2D eigenvalue weighted by atomic mass is 10.3. The molecule has 0 radical (unpaired) electrons. The van der Waals surface area contributed by atoms with Crippen LogP contribution in [0.25, 0.3) is 11.0 Å². The number of unbranched alkanes of at least 4 members (excludes halogenated alkanes) is 1. The number of carbonyl (C=O) groups is 1. The van der Waals surface area contributed by atoms with Crippen molar-refractivity contribution in [3.63, 3.8) is 0 Å². The number of aromatic nitrogens is 2. The third kappa shape index (κ3) is 5.39. The summed E-state index contributed by atoms with van der Waals surface area (Å²) in [7, 11) is -2.80. The summed E-state index contributed by atoms with van der Waals surface area (Å²) in [6.45, 7) is 0.822. The van der Waals surface area contributed by atoms with E-state index in [1.165, 1.54) is 31.4 Å². The van der Waals surface area contributed by atoms with Gasteiger partial charge in [0.05, 0.1) is 18.1 Å². The van der Waals surface area contributed by atoms with Gasteiger partial charge in [-0.3, -0.25) is 5.32 Å². The first kappa shape index (κ1) is 21.4. The predicted octanol–water partition coefficient (Wildman–Crippen LogP) is 2.69. The van der Waals surface area contributed by atoms with Gasteiger partial charge in [-0.15, -0.1) is 0 Å². The van der Waals surface area contributed by atoms with E-state index in [1.54, 1.807) is 18.2 Å². The van der Waals surface area contributed by atoms with Gasteiger partial charge in [-0.25, -0.2) is 9.78 Å². The van der Waals surface area contributed by atoms with Crippen LogP contribution < -0.4 is 14.8 Å². The lowest BCUT2D eigenvalue weighted by molar-refractivity contribution is 0.186. The number of hydrogen-bond acceptors (Lipinski definition) is 8. The summed E-state index contributed by atoms with van der Waals surface area (Å²) in [4.78, 5) is 18.3. The number of methoxy groups -OCH3 is 1. The number of rotatable bonds is 9. The highest BCUT2D eigenvalue weighted by Crippen LogP contribution is 2.24. The highest BCUT2D eigenvalue weighted by Gasteiger charge is 2.17. The topological polar surface area (TPSA) is 143 Å². The van der Waals surface area contributed by atoms with Gasteiger partial charge in [-0.2, -0.15) is 8.42 Å². The SMILES string of the molecule is COC(=O)Nc1nc2cc(OS(=O)(=O)c3ccc(NCCCCO)cc3)ccc2[nH]1. The normalized spacial score (nSPS) is 11.3. The van der Waals surface area contributed by atoms with Gasteiger partial charge >= 0.3 is 16.2 Å². The average Bonchev–Trinajstić information content (AvgIpc) is 3.12. The number of anilines is 2. The number of imidazole rings is 1. The fourth-order valence-corrected chi connectivity index (χ4v) is 3.55. The van der Waals surface area contributed by atoms with E-state index in [9.17, 15) is 13.2 Å². The molecule has 2 aromatic carbocycles. The number of fused-ring (bicyclic) bond motifs is 1. The maximum absolute atomic E-state index is 12.6. The van der Waals surface area contributed by atoms with E-state index >= 15 is 0 Å². The van der Waals surface area contributed by atoms with Crippen LogP contribution in [0.4, 0.5) is 16.4 Å². The Bertz CT molecular complexity index is 1110. The first-order valence-corrected chi connectivity index (χ1v) is 10.6. The Hall–Kier alpha value is -3.31. The minimum Gasteiger partial charge on any atom is -0.453 e. The fraction of sp³-hybridized carbons (Fsp3) is 0.263. The molecule has 0 aliphatic heterocycles. The Morgan fingerprint density at radius 3 is 2.63 bits per heavy atom. The van der Waals surface area contributed by atoms with Crippen molar-refractivity contribution in [3.05, 3.63) is 42.5 Å². The first-order chi connectivity index (χ1) is 14.4. The van der Waals surface area contributed by atoms with Crippen LogP contribution >= 0.6 is 0 Å². The Kier molecular flexibility index (Phi) is 6.75. The van der Waals surface area contributed by atoms with Gasteiger partial charge in [0.2, 0.25) is 5.95 Å². The molecule has 1 heterocycles. The molecule has 11 heteroatoms. The number of aliphatic hydroxyl groups is 1. The Morgan fingerprint density at radius 1 is 1.17 bits per heavy atom. The van der Waals surface area contributed by atoms with Crippen molar-refractivity contribution < 1.29 is 27.2 Å². The minimum absolute atomic E-state index is 0.0126. The number of carbonyl (C=O) groups excluding carboxylic acids is 1. The molecule has 0 spiro atoms. The second-order valence-corrected chi connectivity index (χ2v) is 7.85. The number of nitrogens with zero attached hydrogens (tertiary/aromatic N) is 1. The lowest BCUT2D eigenvalue weighted by Crippen LogP contribution is -2.11. The van der Waals surface area contributed by atoms with Crippen LogP contribution in [0.3, 0.4) is 0 Å². The number of benzene rings is 2. The van der Waals surface area contributed by atoms with Crippen LogP contribution in [-0.2, 0) is 14.9 Å². The van der Waals surface area contributed by atoms with E-state index in [2.05, 4.69) is 25.3 Å². The summed E-state index contributed by atoms with van der Waals surface area (Å²) < 4.78 is 34.9. The number of nitrogens with one attached hydrogen (secondary N) is 3. The summed E-state index contributed by atoms with van der Waals surface area (Å²) in [6, 6.07) is 10.7. The third-order valence-electron chi connectivity index (χ3n) is 4.12. The smallest absolute Gasteiger partial charge is 0.413 e. The van der Waals surface area contributed by atoms with E-state index in [0.717, 1.165) is 12.1 Å². The van der Waals surface area contributed by atoms with Crippen molar-refractivity contribution >= 4 is 38.9 Å². The van der Waals surface area contributed by atoms with Crippen LogP contribution in [0.5, 0.6) is 5.75 Å². The summed E-state index contributed by atoms with van der Waals surface area (Å²) in [5.74, 6) is 0.253. The fourth-order valence-electron chi connectivity index (χ4n) is 2.63. The van der Waals surface area contributed by atoms with Gasteiger partial charge < -0.3 is 24.3 Å². The summed E-state index contributed by atoms with van der Waals surface area (Å²) >= 11 is 0. The highest BCUT2D eigenvalue weighted by molar-refractivity contribution is 7.87. The van der Waals surface area contributed by atoms with Crippen molar-refractivity contribution in [3.8, 4) is 5.75 Å². The summed E-state index contributed by atoms with van der Waals surface area (Å²) in [6.07, 6.45) is 0.833. The number of hydrogen-bond donors (Lipinski definition) is 4. The van der Waals surface area contributed by atoms with Gasteiger partial charge in [-0.05, 0) is 49.2 Å². The van der Waals surface area contributed by atoms with Gasteiger partial charge in [0.1, 0.15) is 10.6 Å². The van der Waals surface area contributed by atoms with Gasteiger partial charge in [0.15, 0.2) is 0 Å². The van der Waals surface area contributed by atoms with E-state index in [1.807, 2.05) is 0 Å². The van der Waals surface area contributed by atoms with E-state index in [0.29, 0.717) is 24.0 Å². The summed E-state index contributed by atoms with van der Waals surface area (Å²) in [5.41, 5.74) is 1.77. The largest absolute Gasteiger partial charge is 0.453 e. The Labute approximate surface area is 173 Å². The third-order valence-corrected chi connectivity index (χ3v) is 5.38. The predicted molar refractivity (Wildman–Crippen MR) is 111 cm³/mol. The molecule has 30 heavy (non-hydrogen) atoms. The van der Waals surface area contributed by atoms with Crippen molar-refractivity contribution in [1.29, 1.82) is 0 Å². The lowest BCUT2D eigenvalue weighted by Gasteiger charge is -2.09. The van der Waals surface area contributed by atoms with Crippen molar-refractivity contribution in [2.75, 3.05) is 30.9 Å². The average molecular weight is 434 g/mol. The molecule has 3 aromatic rings. The van der Waals surface area contributed by atoms with Crippen LogP contribution in [0.2, 0.25) is 0 Å². The highest BCUT2D eigenvalue weighted by atomic mass is 32.2. The zero-order chi connectivity index (χ0) is 21.6. The molecule has 1 amide bonds. The van der Waals surface area contributed by atoms with Crippen molar-refractivity contribution in [1.82, 2.24) is 9.97 Å². The first-order valence-electron chi connectivity index (χ1n) is 9.15. The van der Waals surface area contributed by atoms with Crippen LogP contribution in [0.1, 0.15) is 12.8 Å². The second-order valence-electron chi connectivity index (χ2n) is 6.30. The van der Waals surface area contributed by atoms with Crippen molar-refractivity contribution in [2.45, 2.75) is 17.7 Å². The van der Waals surface area contributed by atoms with E-state index in [4.69, 9.17) is 9.29 Å². The maximum Gasteiger partial charge on any atom is 0.413 e. The number of ether oxygens (including phenoxy) is 1. The molecule has 3 rings (SSSR count). The molecule has 10 nitrogen and oxygen atoms in total. The van der Waals surface area contributed by atoms with Gasteiger partial charge in [-0.1, -0.05) is 0 Å². The Morgan fingerprint density at radius 2 is 1.93 bits per heavy atom. The molecule has 0 aliphatic rings.